The number of ether oxygens (including phenoxy) is 2. The summed E-state index contributed by atoms with van der Waals surface area (Å²) in [6.07, 6.45) is 1.82. The van der Waals surface area contributed by atoms with E-state index in [1.54, 1.807) is 23.9 Å². The molecule has 2 aromatic heterocycles. The number of nitro groups is 1. The van der Waals surface area contributed by atoms with Gasteiger partial charge in [-0.15, -0.1) is 5.10 Å². The van der Waals surface area contributed by atoms with Gasteiger partial charge in [-0.2, -0.15) is 0 Å². The van der Waals surface area contributed by atoms with Crippen LogP contribution in [0.3, 0.4) is 0 Å². The zero-order valence-corrected chi connectivity index (χ0v) is 16.6. The van der Waals surface area contributed by atoms with Crippen molar-refractivity contribution >= 4 is 16.7 Å². The number of nitrogens with zero attached hydrogens (tertiary/aromatic N) is 6. The Balaban J connectivity index is 1.37. The number of hydrogen-bond donors (Lipinski definition) is 0. The van der Waals surface area contributed by atoms with Crippen LogP contribution in [0.2, 0.25) is 0 Å². The maximum absolute atomic E-state index is 11.1. The first-order valence-electron chi connectivity index (χ1n) is 9.37. The van der Waals surface area contributed by atoms with Crippen LogP contribution in [0.5, 0.6) is 17.2 Å². The summed E-state index contributed by atoms with van der Waals surface area (Å²) in [5.74, 6) is 1.56. The van der Waals surface area contributed by atoms with Crippen LogP contribution >= 0.6 is 0 Å². The summed E-state index contributed by atoms with van der Waals surface area (Å²) in [7, 11) is 1.62. The molecule has 0 N–H and O–H groups in total. The van der Waals surface area contributed by atoms with Gasteiger partial charge in [-0.1, -0.05) is 5.21 Å². The highest BCUT2D eigenvalue weighted by Gasteiger charge is 2.20. The molecule has 32 heavy (non-hydrogen) atoms. The standard InChI is InChI=1S/C21H14N6O5/c1-30-15-6-2-13(3-7-15)17-12-26(25-22-17)14-4-8-16(9-5-14)31-19-11-10-18(27(28)29)20-21(19)24-32-23-20/h2-12H,1H3. The van der Waals surface area contributed by atoms with E-state index in [0.29, 0.717) is 11.5 Å². The number of fused-ring (bicyclic) bond motifs is 1. The molecule has 0 aliphatic rings. The van der Waals surface area contributed by atoms with Crippen molar-refractivity contribution in [2.75, 3.05) is 7.11 Å². The fourth-order valence-corrected chi connectivity index (χ4v) is 3.14. The zero-order valence-electron chi connectivity index (χ0n) is 16.6. The number of methoxy groups -OCH3 is 1. The maximum Gasteiger partial charge on any atom is 0.301 e. The Morgan fingerprint density at radius 2 is 1.66 bits per heavy atom. The molecule has 11 nitrogen and oxygen atoms in total. The number of rotatable bonds is 6. The predicted molar refractivity (Wildman–Crippen MR) is 112 cm³/mol. The van der Waals surface area contributed by atoms with Gasteiger partial charge in [-0.05, 0) is 64.9 Å². The average molecular weight is 430 g/mol. The Kier molecular flexibility index (Phi) is 4.67. The van der Waals surface area contributed by atoms with Crippen molar-refractivity contribution in [1.29, 1.82) is 0 Å². The third-order valence-electron chi connectivity index (χ3n) is 4.76. The zero-order chi connectivity index (χ0) is 22.1. The summed E-state index contributed by atoms with van der Waals surface area (Å²) < 4.78 is 17.3. The fourth-order valence-electron chi connectivity index (χ4n) is 3.14. The molecule has 0 saturated heterocycles. The molecule has 2 heterocycles. The molecule has 0 amide bonds. The van der Waals surface area contributed by atoms with Crippen molar-refractivity contribution in [1.82, 2.24) is 25.3 Å². The van der Waals surface area contributed by atoms with Crippen LogP contribution in [-0.2, 0) is 0 Å². The highest BCUT2D eigenvalue weighted by molar-refractivity contribution is 5.88. The lowest BCUT2D eigenvalue weighted by atomic mass is 10.1. The molecule has 0 fully saturated rings. The number of hydrogen-bond acceptors (Lipinski definition) is 9. The minimum atomic E-state index is -0.552. The molecule has 0 atom stereocenters. The van der Waals surface area contributed by atoms with Gasteiger partial charge in [0, 0.05) is 11.6 Å². The van der Waals surface area contributed by atoms with Gasteiger partial charge >= 0.3 is 5.69 Å². The second-order valence-electron chi connectivity index (χ2n) is 6.67. The largest absolute Gasteiger partial charge is 0.497 e. The topological polar surface area (TPSA) is 131 Å². The van der Waals surface area contributed by atoms with E-state index < -0.39 is 4.92 Å². The van der Waals surface area contributed by atoms with E-state index in [0.717, 1.165) is 22.7 Å². The summed E-state index contributed by atoms with van der Waals surface area (Å²) in [4.78, 5) is 10.6. The minimum absolute atomic E-state index is 0.0257. The lowest BCUT2D eigenvalue weighted by molar-refractivity contribution is -0.383. The second-order valence-corrected chi connectivity index (χ2v) is 6.67. The molecule has 5 rings (SSSR count). The Bertz CT molecular complexity index is 1410. The number of aromatic nitrogens is 5. The maximum atomic E-state index is 11.1. The van der Waals surface area contributed by atoms with Crippen molar-refractivity contribution < 1.29 is 19.0 Å². The smallest absolute Gasteiger partial charge is 0.301 e. The molecule has 0 unspecified atom stereocenters. The summed E-state index contributed by atoms with van der Waals surface area (Å²) in [5, 5.41) is 26.8. The first-order chi connectivity index (χ1) is 15.6. The first-order valence-corrected chi connectivity index (χ1v) is 9.37. The van der Waals surface area contributed by atoms with Gasteiger partial charge < -0.3 is 9.47 Å². The van der Waals surface area contributed by atoms with Crippen molar-refractivity contribution in [3.05, 3.63) is 77.0 Å². The van der Waals surface area contributed by atoms with Gasteiger partial charge in [-0.25, -0.2) is 9.31 Å². The first kappa shape index (κ1) is 19.2. The van der Waals surface area contributed by atoms with Crippen LogP contribution in [0.25, 0.3) is 28.0 Å². The van der Waals surface area contributed by atoms with Gasteiger partial charge in [0.15, 0.2) is 11.3 Å². The third-order valence-corrected chi connectivity index (χ3v) is 4.76. The average Bonchev–Trinajstić information content (AvgIpc) is 3.50. The normalized spacial score (nSPS) is 10.9. The SMILES string of the molecule is COc1ccc(-c2cn(-c3ccc(Oc4ccc([N+](=O)[O-])c5nonc45)cc3)nn2)cc1. The van der Waals surface area contributed by atoms with Gasteiger partial charge in [0.1, 0.15) is 17.2 Å². The third kappa shape index (κ3) is 3.47. The predicted octanol–water partition coefficient (Wildman–Crippen LogP) is 4.18. The Morgan fingerprint density at radius 3 is 2.38 bits per heavy atom. The van der Waals surface area contributed by atoms with Crippen molar-refractivity contribution in [3.8, 4) is 34.2 Å². The summed E-state index contributed by atoms with van der Waals surface area (Å²) in [6.45, 7) is 0. The molecule has 0 spiro atoms. The highest BCUT2D eigenvalue weighted by Crippen LogP contribution is 2.33. The fraction of sp³-hybridized carbons (Fsp3) is 0.0476. The molecular formula is C21H14N6O5. The summed E-state index contributed by atoms with van der Waals surface area (Å²) >= 11 is 0. The molecule has 0 radical (unpaired) electrons. The molecule has 0 aliphatic carbocycles. The van der Waals surface area contributed by atoms with Crippen molar-refractivity contribution in [2.24, 2.45) is 0 Å². The monoisotopic (exact) mass is 430 g/mol. The molecule has 0 bridgehead atoms. The summed E-state index contributed by atoms with van der Waals surface area (Å²) in [6, 6.07) is 17.4. The van der Waals surface area contributed by atoms with E-state index in [1.165, 1.54) is 12.1 Å². The number of nitro benzene ring substituents is 1. The highest BCUT2D eigenvalue weighted by atomic mass is 16.6. The summed E-state index contributed by atoms with van der Waals surface area (Å²) in [5.41, 5.74) is 2.41. The van der Waals surface area contributed by atoms with Crippen LogP contribution in [0.1, 0.15) is 0 Å². The van der Waals surface area contributed by atoms with Crippen molar-refractivity contribution in [3.63, 3.8) is 0 Å². The van der Waals surface area contributed by atoms with E-state index in [2.05, 4.69) is 25.3 Å². The van der Waals surface area contributed by atoms with Gasteiger partial charge in [0.25, 0.3) is 0 Å². The molecule has 3 aromatic carbocycles. The molecule has 5 aromatic rings. The number of non-ortho nitro benzene ring substituents is 1. The lowest BCUT2D eigenvalue weighted by Gasteiger charge is -2.07. The van der Waals surface area contributed by atoms with Crippen LogP contribution < -0.4 is 9.47 Å². The van der Waals surface area contributed by atoms with Crippen LogP contribution in [-0.4, -0.2) is 37.3 Å². The minimum Gasteiger partial charge on any atom is -0.497 e. The number of benzene rings is 3. The van der Waals surface area contributed by atoms with Gasteiger partial charge in [-0.3, -0.25) is 10.1 Å². The van der Waals surface area contributed by atoms with Crippen LogP contribution in [0, 0.1) is 10.1 Å². The van der Waals surface area contributed by atoms with E-state index in [-0.39, 0.29) is 16.7 Å². The van der Waals surface area contributed by atoms with E-state index in [4.69, 9.17) is 9.47 Å². The molecule has 0 aliphatic heterocycles. The molecular weight excluding hydrogens is 416 g/mol. The Labute approximate surface area is 179 Å². The van der Waals surface area contributed by atoms with Gasteiger partial charge in [0.05, 0.1) is 23.9 Å². The van der Waals surface area contributed by atoms with Crippen LogP contribution in [0.15, 0.2) is 71.5 Å². The molecule has 11 heteroatoms. The van der Waals surface area contributed by atoms with E-state index in [1.807, 2.05) is 42.6 Å². The molecule has 0 saturated carbocycles. The Hall–Kier alpha value is -4.80. The van der Waals surface area contributed by atoms with E-state index >= 15 is 0 Å². The van der Waals surface area contributed by atoms with Crippen LogP contribution in [0.4, 0.5) is 5.69 Å². The second kappa shape index (κ2) is 7.80. The molecule has 158 valence electrons. The lowest BCUT2D eigenvalue weighted by Crippen LogP contribution is -1.95. The van der Waals surface area contributed by atoms with E-state index in [9.17, 15) is 10.1 Å². The Morgan fingerprint density at radius 1 is 0.938 bits per heavy atom. The van der Waals surface area contributed by atoms with Gasteiger partial charge in [0.2, 0.25) is 5.52 Å². The quantitative estimate of drug-likeness (QED) is 0.287. The van der Waals surface area contributed by atoms with Crippen molar-refractivity contribution in [2.45, 2.75) is 0 Å².